The maximum atomic E-state index is 12.4. The van der Waals surface area contributed by atoms with Gasteiger partial charge >= 0.3 is 6.36 Å². The molecule has 26 heavy (non-hydrogen) atoms. The third-order valence-electron chi connectivity index (χ3n) is 3.90. The molecular weight excluding hydrogens is 369 g/mol. The van der Waals surface area contributed by atoms with E-state index in [1.807, 2.05) is 6.92 Å². The van der Waals surface area contributed by atoms with Gasteiger partial charge in [0.2, 0.25) is 0 Å². The molecule has 1 amide bonds. The molecule has 0 atom stereocenters. The van der Waals surface area contributed by atoms with Crippen molar-refractivity contribution in [1.29, 1.82) is 0 Å². The summed E-state index contributed by atoms with van der Waals surface area (Å²) in [6.45, 7) is 2.90. The molecular formula is C17H17F3N2O3S. The molecule has 3 rings (SSSR count). The molecule has 0 aliphatic carbocycles. The van der Waals surface area contributed by atoms with Crippen molar-refractivity contribution in [2.75, 3.05) is 13.1 Å². The van der Waals surface area contributed by atoms with E-state index in [9.17, 15) is 18.0 Å². The highest BCUT2D eigenvalue weighted by Crippen LogP contribution is 2.28. The smallest absolute Gasteiger partial charge is 0.490 e. The molecule has 1 aromatic heterocycles. The second-order valence-electron chi connectivity index (χ2n) is 5.88. The summed E-state index contributed by atoms with van der Waals surface area (Å²) in [5, 5.41) is 0.840. The third-order valence-corrected chi connectivity index (χ3v) is 4.80. The number of alkyl halides is 3. The van der Waals surface area contributed by atoms with Crippen LogP contribution in [0.25, 0.3) is 0 Å². The molecule has 1 aliphatic heterocycles. The number of halogens is 3. The van der Waals surface area contributed by atoms with Crippen LogP contribution in [0.2, 0.25) is 0 Å². The summed E-state index contributed by atoms with van der Waals surface area (Å²) >= 11 is 1.36. The summed E-state index contributed by atoms with van der Waals surface area (Å²) in [7, 11) is 0. The Labute approximate surface area is 152 Å². The quantitative estimate of drug-likeness (QED) is 0.796. The predicted molar refractivity (Wildman–Crippen MR) is 89.5 cm³/mol. The maximum Gasteiger partial charge on any atom is 0.573 e. The van der Waals surface area contributed by atoms with Gasteiger partial charge in [0.15, 0.2) is 0 Å². The number of hydrogen-bond acceptors (Lipinski definition) is 5. The normalized spacial score (nSPS) is 15.8. The summed E-state index contributed by atoms with van der Waals surface area (Å²) < 4.78 is 46.5. The minimum absolute atomic E-state index is 0.0466. The third kappa shape index (κ3) is 4.87. The summed E-state index contributed by atoms with van der Waals surface area (Å²) in [5.74, 6) is -0.0487. The maximum absolute atomic E-state index is 12.4. The number of benzene rings is 1. The number of aryl methyl sites for hydroxylation is 1. The second-order valence-corrected chi connectivity index (χ2v) is 7.11. The number of carbonyl (C=O) groups excluding carboxylic acids is 1. The van der Waals surface area contributed by atoms with Crippen LogP contribution in [0.3, 0.4) is 0 Å². The summed E-state index contributed by atoms with van der Waals surface area (Å²) in [4.78, 5) is 18.8. The van der Waals surface area contributed by atoms with Crippen molar-refractivity contribution in [3.8, 4) is 11.5 Å². The van der Waals surface area contributed by atoms with E-state index in [1.165, 1.54) is 29.5 Å². The number of carbonyl (C=O) groups is 1. The molecule has 0 saturated carbocycles. The van der Waals surface area contributed by atoms with Gasteiger partial charge in [-0.25, -0.2) is 4.98 Å². The molecule has 0 radical (unpaired) electrons. The second kappa shape index (κ2) is 7.53. The highest BCUT2D eigenvalue weighted by atomic mass is 32.1. The molecule has 0 spiro atoms. The van der Waals surface area contributed by atoms with Gasteiger partial charge in [-0.3, -0.25) is 4.79 Å². The molecule has 5 nitrogen and oxygen atoms in total. The number of ether oxygens (including phenoxy) is 2. The topological polar surface area (TPSA) is 51.7 Å². The molecule has 2 aromatic rings. The Hall–Kier alpha value is -2.29. The Morgan fingerprint density at radius 2 is 1.96 bits per heavy atom. The van der Waals surface area contributed by atoms with E-state index in [-0.39, 0.29) is 17.8 Å². The Morgan fingerprint density at radius 3 is 2.58 bits per heavy atom. The Balaban J connectivity index is 1.54. The first kappa shape index (κ1) is 18.5. The van der Waals surface area contributed by atoms with Crippen LogP contribution in [0.5, 0.6) is 11.5 Å². The molecule has 0 N–H and O–H groups in total. The van der Waals surface area contributed by atoms with Crippen LogP contribution in [0, 0.1) is 6.92 Å². The lowest BCUT2D eigenvalue weighted by Gasteiger charge is -2.32. The van der Waals surface area contributed by atoms with Gasteiger partial charge in [0, 0.05) is 32.0 Å². The van der Waals surface area contributed by atoms with Crippen LogP contribution in [0.4, 0.5) is 13.2 Å². The Kier molecular flexibility index (Phi) is 5.36. The highest BCUT2D eigenvalue weighted by Gasteiger charge is 2.31. The zero-order chi connectivity index (χ0) is 18.7. The summed E-state index contributed by atoms with van der Waals surface area (Å²) in [6.07, 6.45) is -2.11. The predicted octanol–water partition coefficient (Wildman–Crippen LogP) is 4.03. The zero-order valence-electron chi connectivity index (χ0n) is 14.0. The van der Waals surface area contributed by atoms with Crippen molar-refractivity contribution in [2.45, 2.75) is 32.2 Å². The van der Waals surface area contributed by atoms with E-state index in [0.717, 1.165) is 5.01 Å². The molecule has 1 aromatic carbocycles. The molecule has 0 unspecified atom stereocenters. The van der Waals surface area contributed by atoms with Gasteiger partial charge in [0.1, 0.15) is 22.5 Å². The minimum Gasteiger partial charge on any atom is -0.490 e. The lowest BCUT2D eigenvalue weighted by molar-refractivity contribution is -0.274. The molecule has 1 aliphatic rings. The summed E-state index contributed by atoms with van der Waals surface area (Å²) in [5.41, 5.74) is 0. The average Bonchev–Trinajstić information content (AvgIpc) is 3.00. The van der Waals surface area contributed by atoms with Gasteiger partial charge in [-0.05, 0) is 19.1 Å². The van der Waals surface area contributed by atoms with Crippen molar-refractivity contribution >= 4 is 17.2 Å². The van der Waals surface area contributed by atoms with Crippen LogP contribution in [0.15, 0.2) is 30.5 Å². The number of piperidine rings is 1. The van der Waals surface area contributed by atoms with E-state index in [1.54, 1.807) is 17.2 Å². The standard InChI is InChI=1S/C17H17F3N2O3S/c1-11-21-10-15(26-11)16(23)22-7-5-12(6-8-22)24-13-3-2-4-14(9-13)25-17(18,19)20/h2-4,9-10,12H,5-8H2,1H3. The minimum atomic E-state index is -4.74. The van der Waals surface area contributed by atoms with E-state index in [2.05, 4.69) is 9.72 Å². The number of thiazole rings is 1. The van der Waals surface area contributed by atoms with E-state index < -0.39 is 6.36 Å². The fourth-order valence-electron chi connectivity index (χ4n) is 2.73. The van der Waals surface area contributed by atoms with E-state index >= 15 is 0 Å². The molecule has 0 bridgehead atoms. The van der Waals surface area contributed by atoms with Crippen molar-refractivity contribution in [1.82, 2.24) is 9.88 Å². The van der Waals surface area contributed by atoms with Crippen LogP contribution >= 0.6 is 11.3 Å². The molecule has 1 saturated heterocycles. The van der Waals surface area contributed by atoms with Gasteiger partial charge in [0.05, 0.1) is 11.2 Å². The highest BCUT2D eigenvalue weighted by molar-refractivity contribution is 7.13. The monoisotopic (exact) mass is 386 g/mol. The van der Waals surface area contributed by atoms with Gasteiger partial charge in [-0.1, -0.05) is 6.07 Å². The van der Waals surface area contributed by atoms with Gasteiger partial charge in [-0.2, -0.15) is 0 Å². The first-order valence-corrected chi connectivity index (χ1v) is 8.86. The number of nitrogens with zero attached hydrogens (tertiary/aromatic N) is 2. The van der Waals surface area contributed by atoms with Crippen molar-refractivity contribution in [3.63, 3.8) is 0 Å². The molecule has 1 fully saturated rings. The fraction of sp³-hybridized carbons (Fsp3) is 0.412. The number of aromatic nitrogens is 1. The van der Waals surface area contributed by atoms with Crippen LogP contribution in [-0.4, -0.2) is 41.3 Å². The number of rotatable bonds is 4. The van der Waals surface area contributed by atoms with Crippen molar-refractivity contribution < 1.29 is 27.4 Å². The Morgan fingerprint density at radius 1 is 1.27 bits per heavy atom. The van der Waals surface area contributed by atoms with Crippen molar-refractivity contribution in [2.24, 2.45) is 0 Å². The molecule has 140 valence electrons. The van der Waals surface area contributed by atoms with Crippen molar-refractivity contribution in [3.05, 3.63) is 40.3 Å². The molecule has 2 heterocycles. The van der Waals surface area contributed by atoms with Crippen LogP contribution in [-0.2, 0) is 0 Å². The van der Waals surface area contributed by atoms with Gasteiger partial charge < -0.3 is 14.4 Å². The number of hydrogen-bond donors (Lipinski definition) is 0. The first-order valence-electron chi connectivity index (χ1n) is 8.04. The largest absolute Gasteiger partial charge is 0.573 e. The first-order chi connectivity index (χ1) is 12.3. The van der Waals surface area contributed by atoms with Crippen LogP contribution in [0.1, 0.15) is 27.5 Å². The Bertz CT molecular complexity index is 771. The van der Waals surface area contributed by atoms with Crippen LogP contribution < -0.4 is 9.47 Å². The zero-order valence-corrected chi connectivity index (χ0v) is 14.8. The molecule has 9 heteroatoms. The average molecular weight is 386 g/mol. The SMILES string of the molecule is Cc1ncc(C(=O)N2CCC(Oc3cccc(OC(F)(F)F)c3)CC2)s1. The van der Waals surface area contributed by atoms with E-state index in [0.29, 0.717) is 36.6 Å². The summed E-state index contributed by atoms with van der Waals surface area (Å²) in [6, 6.07) is 5.46. The van der Waals surface area contributed by atoms with Gasteiger partial charge in [-0.15, -0.1) is 24.5 Å². The van der Waals surface area contributed by atoms with E-state index in [4.69, 9.17) is 4.74 Å². The number of amides is 1. The number of likely N-dealkylation sites (tertiary alicyclic amines) is 1. The lowest BCUT2D eigenvalue weighted by Crippen LogP contribution is -2.41. The lowest BCUT2D eigenvalue weighted by atomic mass is 10.1. The van der Waals surface area contributed by atoms with Gasteiger partial charge in [0.25, 0.3) is 5.91 Å². The fourth-order valence-corrected chi connectivity index (χ4v) is 3.48.